The Kier molecular flexibility index (Phi) is 36.5. The summed E-state index contributed by atoms with van der Waals surface area (Å²) in [4.78, 5) is 25.8. The van der Waals surface area contributed by atoms with Crippen LogP contribution in [0.1, 0.15) is 57.2 Å². The van der Waals surface area contributed by atoms with Crippen LogP contribution in [-0.4, -0.2) is 258 Å². The summed E-state index contributed by atoms with van der Waals surface area (Å²) in [5.74, 6) is 0.360. The van der Waals surface area contributed by atoms with Crippen LogP contribution >= 0.6 is 34.0 Å². The number of rotatable bonds is 40. The number of nitrogens with zero attached hydrogens (tertiary/aromatic N) is 9. The number of hydrogen-bond acceptors (Lipinski definition) is 21. The molecule has 0 saturated carbocycles. The standard InChI is InChI=1S/C28H42N3O4S.C27H40N3O4S.C25H36N3O4S/c1-28(2,3)23-18-22(31(12-16-34-6)13-17-35-7)20-26-27(23)29-24-9-8-21(19-25(24)36-26)30(10-14-32-4)11-15-33-5;1-20(2)23-17-22(30(11-15-33-5)12-16-34-6)19-26-27(23)28-24-8-7-21(18-25(24)35-26)29(9-13-31-3)10-14-32-4;1-19-16-21(28(10-14-31-4)11-15-32-5)18-24-25(19)26-22-7-6-20(17-23(22)33-24)27(8-12-29-2)9-13-30-3/h8-9,18-20H,10-17H2,1-7H3;7-8,17-20H,9-16H2,1-6H3;6-7,16-18H,8-15H2,1-5H3/q3*+1. The van der Waals surface area contributed by atoms with Crippen molar-refractivity contribution in [2.24, 2.45) is 0 Å². The number of methoxy groups -OCH3 is 12. The SMILES string of the molecule is COCCN(CCOC)c1cc(C(C)(C)C)c2nc3ccc(=[N+](CCOC)CCOC)cc-3sc2c1.COCCN(CCOC)c1cc(C(C)C)c2nc3ccc(=[N+](CCOC)CCOC)cc-3sc2c1.COCCN(CCOC)c1cc(C)c2nc3ccc(=[N+](CCOC)CCOC)cc-3sc2c1. The van der Waals surface area contributed by atoms with Crippen molar-refractivity contribution >= 4 is 81.7 Å². The van der Waals surface area contributed by atoms with E-state index in [0.717, 1.165) is 138 Å². The summed E-state index contributed by atoms with van der Waals surface area (Å²) >= 11 is 5.38. The molecule has 0 saturated heterocycles. The van der Waals surface area contributed by atoms with Crippen LogP contribution in [0.15, 0.2) is 91.0 Å². The zero-order valence-electron chi connectivity index (χ0n) is 65.4. The van der Waals surface area contributed by atoms with Crippen LogP contribution in [0.4, 0.5) is 17.1 Å². The molecule has 0 fully saturated rings. The fourth-order valence-electron chi connectivity index (χ4n) is 12.1. The number of aryl methyl sites for hydroxylation is 1. The average Bonchev–Trinajstić information content (AvgIpc) is 0.785. The van der Waals surface area contributed by atoms with E-state index in [-0.39, 0.29) is 5.41 Å². The molecular formula is C80H118N9O12S3+3. The summed E-state index contributed by atoms with van der Waals surface area (Å²) in [5, 5.41) is 3.47. The lowest BCUT2D eigenvalue weighted by Gasteiger charge is -2.28. The maximum Gasteiger partial charge on any atom is 0.201 e. The van der Waals surface area contributed by atoms with Gasteiger partial charge < -0.3 is 71.5 Å². The highest BCUT2D eigenvalue weighted by atomic mass is 32.1. The van der Waals surface area contributed by atoms with E-state index in [1.807, 2.05) is 0 Å². The molecular weight excluding hydrogens is 1380 g/mol. The van der Waals surface area contributed by atoms with Gasteiger partial charge in [0.25, 0.3) is 0 Å². The Morgan fingerprint density at radius 1 is 0.346 bits per heavy atom. The normalized spacial score (nSPS) is 11.7. The third-order valence-corrected chi connectivity index (χ3v) is 21.2. The van der Waals surface area contributed by atoms with Crippen LogP contribution in [0.25, 0.3) is 62.4 Å². The highest BCUT2D eigenvalue weighted by molar-refractivity contribution is 7.22. The van der Waals surface area contributed by atoms with Crippen LogP contribution in [0.3, 0.4) is 0 Å². The van der Waals surface area contributed by atoms with E-state index in [1.54, 1.807) is 119 Å². The molecule has 21 nitrogen and oxygen atoms in total. The fraction of sp³-hybridized carbons (Fsp3) is 0.550. The highest BCUT2D eigenvalue weighted by Crippen LogP contribution is 2.40. The first-order chi connectivity index (χ1) is 50.4. The Morgan fingerprint density at radius 2 is 0.625 bits per heavy atom. The molecule has 3 aromatic carbocycles. The van der Waals surface area contributed by atoms with Crippen molar-refractivity contribution in [1.82, 2.24) is 28.7 Å². The van der Waals surface area contributed by atoms with Crippen molar-refractivity contribution in [3.63, 3.8) is 0 Å². The largest absolute Gasteiger partial charge is 0.383 e. The molecule has 3 aliphatic carbocycles. The molecule has 0 spiro atoms. The van der Waals surface area contributed by atoms with Crippen LogP contribution in [0.5, 0.6) is 0 Å². The first-order valence-electron chi connectivity index (χ1n) is 35.9. The number of aromatic nitrogens is 3. The molecule has 104 heavy (non-hydrogen) atoms. The molecule has 3 heterocycles. The van der Waals surface area contributed by atoms with Crippen molar-refractivity contribution < 1.29 is 56.8 Å². The summed E-state index contributed by atoms with van der Waals surface area (Å²) in [6, 6.07) is 33.1. The molecule has 570 valence electrons. The predicted molar refractivity (Wildman–Crippen MR) is 430 cm³/mol. The molecule has 3 aromatic rings. The van der Waals surface area contributed by atoms with Crippen LogP contribution < -0.4 is 44.5 Å². The van der Waals surface area contributed by atoms with Gasteiger partial charge in [-0.05, 0) is 89.5 Å². The van der Waals surface area contributed by atoms with E-state index >= 15 is 0 Å². The van der Waals surface area contributed by atoms with Gasteiger partial charge in [0.1, 0.15) is 39.6 Å². The van der Waals surface area contributed by atoms with Crippen molar-refractivity contribution in [3.8, 4) is 31.7 Å². The quantitative estimate of drug-likeness (QED) is 0.0262. The van der Waals surface area contributed by atoms with Crippen molar-refractivity contribution in [1.29, 1.82) is 0 Å². The second-order valence-electron chi connectivity index (χ2n) is 26.7. The summed E-state index contributed by atoms with van der Waals surface area (Å²) in [5.41, 5.74) is 13.4. The minimum absolute atomic E-state index is 0.0487. The van der Waals surface area contributed by atoms with Gasteiger partial charge in [0.15, 0.2) is 39.3 Å². The molecule has 0 aromatic heterocycles. The van der Waals surface area contributed by atoms with Crippen LogP contribution in [-0.2, 0) is 62.3 Å². The lowest BCUT2D eigenvalue weighted by molar-refractivity contribution is 0.170. The minimum Gasteiger partial charge on any atom is -0.383 e. The van der Waals surface area contributed by atoms with Gasteiger partial charge in [-0.2, -0.15) is 0 Å². The van der Waals surface area contributed by atoms with Crippen LogP contribution in [0, 0.1) is 6.92 Å². The second-order valence-corrected chi connectivity index (χ2v) is 29.9. The maximum atomic E-state index is 5.39. The second kappa shape index (κ2) is 44.7. The predicted octanol–water partition coefficient (Wildman–Crippen LogP) is 10.4. The van der Waals surface area contributed by atoms with E-state index in [0.29, 0.717) is 85.2 Å². The van der Waals surface area contributed by atoms with E-state index < -0.39 is 0 Å². The zero-order chi connectivity index (χ0) is 75.0. The molecule has 6 aliphatic rings. The molecule has 0 atom stereocenters. The molecule has 0 unspecified atom stereocenters. The van der Waals surface area contributed by atoms with Crippen molar-refractivity contribution in [2.75, 3.05) is 258 Å². The van der Waals surface area contributed by atoms with E-state index in [2.05, 4.69) is 161 Å². The molecule has 3 aliphatic heterocycles. The third-order valence-electron chi connectivity index (χ3n) is 18.0. The van der Waals surface area contributed by atoms with E-state index in [1.165, 1.54) is 52.7 Å². The number of fused-ring (bicyclic) bond motifs is 6. The first kappa shape index (κ1) is 85.0. The maximum absolute atomic E-state index is 5.39. The molecule has 9 rings (SSSR count). The van der Waals surface area contributed by atoms with Gasteiger partial charge in [0.2, 0.25) is 16.1 Å². The molecule has 24 heteroatoms. The monoisotopic (exact) mass is 1490 g/mol. The van der Waals surface area contributed by atoms with Crippen molar-refractivity contribution in [2.45, 2.75) is 52.9 Å². The summed E-state index contributed by atoms with van der Waals surface area (Å²) in [7, 11) is 20.8. The van der Waals surface area contributed by atoms with Gasteiger partial charge in [-0.3, -0.25) is 0 Å². The summed E-state index contributed by atoms with van der Waals surface area (Å²) < 4.78 is 74.6. The Bertz CT molecular complexity index is 4120. The third kappa shape index (κ3) is 24.6. The van der Waals surface area contributed by atoms with E-state index in [4.69, 9.17) is 71.8 Å². The lowest BCUT2D eigenvalue weighted by Crippen LogP contribution is -2.35. The summed E-state index contributed by atoms with van der Waals surface area (Å²) in [6.07, 6.45) is 0. The lowest BCUT2D eigenvalue weighted by atomic mass is 9.86. The van der Waals surface area contributed by atoms with Gasteiger partial charge >= 0.3 is 0 Å². The van der Waals surface area contributed by atoms with Crippen molar-refractivity contribution in [3.05, 3.63) is 124 Å². The zero-order valence-corrected chi connectivity index (χ0v) is 67.8. The minimum atomic E-state index is -0.0487. The van der Waals surface area contributed by atoms with Gasteiger partial charge in [0, 0.05) is 178 Å². The van der Waals surface area contributed by atoms with Crippen LogP contribution in [0.2, 0.25) is 0 Å². The highest BCUT2D eigenvalue weighted by Gasteiger charge is 2.25. The molecule has 0 amide bonds. The first-order valence-corrected chi connectivity index (χ1v) is 38.4. The average molecular weight is 1490 g/mol. The molecule has 0 radical (unpaired) electrons. The number of ether oxygens (including phenoxy) is 12. The Morgan fingerprint density at radius 3 is 0.933 bits per heavy atom. The summed E-state index contributed by atoms with van der Waals surface area (Å²) in [6.45, 7) is 31.1. The Balaban J connectivity index is 0.000000218. The Labute approximate surface area is 629 Å². The fourth-order valence-corrected chi connectivity index (χ4v) is 15.3. The number of hydrogen-bond donors (Lipinski definition) is 0. The molecule has 0 N–H and O–H groups in total. The Hall–Kier alpha value is -6.30. The smallest absolute Gasteiger partial charge is 0.201 e. The van der Waals surface area contributed by atoms with Gasteiger partial charge in [-0.25, -0.2) is 28.7 Å². The topological polar surface area (TPSA) is 168 Å². The molecule has 0 bridgehead atoms. The van der Waals surface area contributed by atoms with Gasteiger partial charge in [0.05, 0.1) is 102 Å². The number of benzene rings is 6. The number of anilines is 3. The van der Waals surface area contributed by atoms with E-state index in [9.17, 15) is 0 Å². The van der Waals surface area contributed by atoms with Gasteiger partial charge in [-0.1, -0.05) is 34.6 Å². The van der Waals surface area contributed by atoms with Gasteiger partial charge in [-0.15, -0.1) is 34.0 Å².